The van der Waals surface area contributed by atoms with E-state index in [0.29, 0.717) is 22.9 Å². The molecule has 27 heavy (non-hydrogen) atoms. The number of hydrogen-bond donors (Lipinski definition) is 1. The molecule has 1 N–H and O–H groups in total. The van der Waals surface area contributed by atoms with Crippen molar-refractivity contribution in [3.05, 3.63) is 53.7 Å². The Morgan fingerprint density at radius 2 is 1.93 bits per heavy atom. The number of nitrogens with zero attached hydrogens (tertiary/aromatic N) is 1. The standard InChI is InChI=1S/C21H22N2O3S/c1-14-13-23(20-8-4-5-9-21(20)26-14)27(24,25)15-10-11-19-17(12-15)16-6-2-3-7-18(16)22-19/h4-5,8-12,14,22H,2-3,6-7,13H2,1H3. The predicted octanol–water partition coefficient (Wildman–Crippen LogP) is 4.02. The molecule has 1 atom stereocenters. The van der Waals surface area contributed by atoms with Crippen LogP contribution in [0, 0.1) is 0 Å². The van der Waals surface area contributed by atoms with E-state index < -0.39 is 10.0 Å². The quantitative estimate of drug-likeness (QED) is 0.728. The molecule has 140 valence electrons. The third-order valence-corrected chi connectivity index (χ3v) is 7.32. The monoisotopic (exact) mass is 382 g/mol. The lowest BCUT2D eigenvalue weighted by Crippen LogP contribution is -2.42. The molecule has 0 saturated carbocycles. The van der Waals surface area contributed by atoms with Crippen molar-refractivity contribution in [3.8, 4) is 5.75 Å². The van der Waals surface area contributed by atoms with Gasteiger partial charge in [-0.3, -0.25) is 4.31 Å². The number of anilines is 1. The van der Waals surface area contributed by atoms with Crippen molar-refractivity contribution >= 4 is 26.6 Å². The van der Waals surface area contributed by atoms with Gasteiger partial charge in [-0.15, -0.1) is 0 Å². The number of ether oxygens (including phenoxy) is 1. The first-order valence-corrected chi connectivity index (χ1v) is 10.9. The zero-order chi connectivity index (χ0) is 18.6. The van der Waals surface area contributed by atoms with Crippen molar-refractivity contribution in [2.75, 3.05) is 10.8 Å². The second-order valence-corrected chi connectivity index (χ2v) is 9.29. The van der Waals surface area contributed by atoms with Gasteiger partial charge in [-0.2, -0.15) is 0 Å². The molecule has 0 radical (unpaired) electrons. The molecule has 2 aromatic carbocycles. The SMILES string of the molecule is CC1CN(S(=O)(=O)c2ccc3[nH]c4c(c3c2)CCCC4)c2ccccc2O1. The molecule has 1 aromatic heterocycles. The molecule has 1 aliphatic heterocycles. The first-order chi connectivity index (χ1) is 13.0. The van der Waals surface area contributed by atoms with E-state index in [4.69, 9.17) is 4.74 Å². The van der Waals surface area contributed by atoms with E-state index in [9.17, 15) is 8.42 Å². The Labute approximate surface area is 159 Å². The molecule has 2 aliphatic rings. The van der Waals surface area contributed by atoms with Crippen molar-refractivity contribution in [1.29, 1.82) is 0 Å². The topological polar surface area (TPSA) is 62.4 Å². The summed E-state index contributed by atoms with van der Waals surface area (Å²) in [7, 11) is -3.66. The molecular formula is C21H22N2O3S. The third-order valence-electron chi connectivity index (χ3n) is 5.54. The molecule has 2 heterocycles. The van der Waals surface area contributed by atoms with Crippen molar-refractivity contribution < 1.29 is 13.2 Å². The average Bonchev–Trinajstić information content (AvgIpc) is 3.05. The van der Waals surface area contributed by atoms with Gasteiger partial charge in [0.1, 0.15) is 11.9 Å². The van der Waals surface area contributed by atoms with Crippen LogP contribution in [0.5, 0.6) is 5.75 Å². The van der Waals surface area contributed by atoms with Gasteiger partial charge in [0, 0.05) is 16.6 Å². The number of aromatic nitrogens is 1. The fraction of sp³-hybridized carbons (Fsp3) is 0.333. The lowest BCUT2D eigenvalue weighted by Gasteiger charge is -2.34. The molecule has 0 saturated heterocycles. The Bertz CT molecular complexity index is 1130. The summed E-state index contributed by atoms with van der Waals surface area (Å²) in [5.74, 6) is 0.611. The molecule has 6 heteroatoms. The number of H-pyrrole nitrogens is 1. The zero-order valence-electron chi connectivity index (χ0n) is 15.2. The Hall–Kier alpha value is -2.47. The maximum Gasteiger partial charge on any atom is 0.264 e. The first-order valence-electron chi connectivity index (χ1n) is 9.46. The lowest BCUT2D eigenvalue weighted by atomic mass is 9.96. The Morgan fingerprint density at radius 3 is 2.81 bits per heavy atom. The van der Waals surface area contributed by atoms with Gasteiger partial charge in [0.05, 0.1) is 17.1 Å². The van der Waals surface area contributed by atoms with Gasteiger partial charge >= 0.3 is 0 Å². The van der Waals surface area contributed by atoms with Crippen LogP contribution in [0.1, 0.15) is 31.0 Å². The Kier molecular flexibility index (Phi) is 3.72. The van der Waals surface area contributed by atoms with Crippen LogP contribution in [0.2, 0.25) is 0 Å². The summed E-state index contributed by atoms with van der Waals surface area (Å²) >= 11 is 0. The van der Waals surface area contributed by atoms with Gasteiger partial charge in [-0.1, -0.05) is 12.1 Å². The van der Waals surface area contributed by atoms with Crippen LogP contribution >= 0.6 is 0 Å². The van der Waals surface area contributed by atoms with Gasteiger partial charge in [0.25, 0.3) is 10.0 Å². The zero-order valence-corrected chi connectivity index (χ0v) is 16.1. The fourth-order valence-corrected chi connectivity index (χ4v) is 5.83. The number of aryl methyl sites for hydroxylation is 2. The number of rotatable bonds is 2. The maximum absolute atomic E-state index is 13.5. The molecule has 0 bridgehead atoms. The van der Waals surface area contributed by atoms with E-state index in [0.717, 1.165) is 30.2 Å². The summed E-state index contributed by atoms with van der Waals surface area (Å²) in [4.78, 5) is 3.81. The number of sulfonamides is 1. The molecule has 0 amide bonds. The number of hydrogen-bond acceptors (Lipinski definition) is 3. The van der Waals surface area contributed by atoms with Gasteiger partial charge < -0.3 is 9.72 Å². The van der Waals surface area contributed by atoms with E-state index in [2.05, 4.69) is 4.98 Å². The molecular weight excluding hydrogens is 360 g/mol. The highest BCUT2D eigenvalue weighted by molar-refractivity contribution is 7.92. The lowest BCUT2D eigenvalue weighted by molar-refractivity contribution is 0.219. The van der Waals surface area contributed by atoms with Crippen LogP contribution in [0.4, 0.5) is 5.69 Å². The molecule has 0 fully saturated rings. The van der Waals surface area contributed by atoms with Crippen molar-refractivity contribution in [3.63, 3.8) is 0 Å². The smallest absolute Gasteiger partial charge is 0.264 e. The van der Waals surface area contributed by atoms with E-state index in [-0.39, 0.29) is 6.10 Å². The van der Waals surface area contributed by atoms with Gasteiger partial charge in [0.2, 0.25) is 0 Å². The molecule has 0 spiro atoms. The van der Waals surface area contributed by atoms with Crippen LogP contribution in [-0.2, 0) is 22.9 Å². The van der Waals surface area contributed by atoms with Crippen molar-refractivity contribution in [1.82, 2.24) is 4.98 Å². The number of benzene rings is 2. The summed E-state index contributed by atoms with van der Waals surface area (Å²) in [6.45, 7) is 2.20. The predicted molar refractivity (Wildman–Crippen MR) is 106 cm³/mol. The van der Waals surface area contributed by atoms with Crippen LogP contribution in [-0.4, -0.2) is 26.1 Å². The summed E-state index contributed by atoms with van der Waals surface area (Å²) in [6, 6.07) is 12.8. The minimum Gasteiger partial charge on any atom is -0.487 e. The Morgan fingerprint density at radius 1 is 1.11 bits per heavy atom. The van der Waals surface area contributed by atoms with E-state index in [1.165, 1.54) is 22.0 Å². The number of aromatic amines is 1. The third kappa shape index (κ3) is 2.62. The first kappa shape index (κ1) is 16.7. The Balaban J connectivity index is 1.63. The minimum atomic E-state index is -3.66. The second kappa shape index (κ2) is 6.02. The highest BCUT2D eigenvalue weighted by Crippen LogP contribution is 2.38. The van der Waals surface area contributed by atoms with E-state index >= 15 is 0 Å². The largest absolute Gasteiger partial charge is 0.487 e. The van der Waals surface area contributed by atoms with Crippen molar-refractivity contribution in [2.45, 2.75) is 43.6 Å². The fourth-order valence-electron chi connectivity index (χ4n) is 4.25. The minimum absolute atomic E-state index is 0.196. The van der Waals surface area contributed by atoms with Crippen LogP contribution in [0.3, 0.4) is 0 Å². The molecule has 1 unspecified atom stereocenters. The molecule has 3 aromatic rings. The normalized spacial score (nSPS) is 19.4. The molecule has 1 aliphatic carbocycles. The number of fused-ring (bicyclic) bond motifs is 4. The molecule has 5 rings (SSSR count). The summed E-state index contributed by atoms with van der Waals surface area (Å²) in [6.07, 6.45) is 4.20. The van der Waals surface area contributed by atoms with Gasteiger partial charge in [-0.05, 0) is 68.5 Å². The average molecular weight is 382 g/mol. The van der Waals surface area contributed by atoms with E-state index in [1.807, 2.05) is 37.3 Å². The highest BCUT2D eigenvalue weighted by atomic mass is 32.2. The van der Waals surface area contributed by atoms with Crippen LogP contribution < -0.4 is 9.04 Å². The molecule has 5 nitrogen and oxygen atoms in total. The van der Waals surface area contributed by atoms with Crippen molar-refractivity contribution in [2.24, 2.45) is 0 Å². The number of para-hydroxylation sites is 2. The number of nitrogens with one attached hydrogen (secondary N) is 1. The summed E-state index contributed by atoms with van der Waals surface area (Å²) < 4.78 is 34.3. The van der Waals surface area contributed by atoms with E-state index in [1.54, 1.807) is 12.1 Å². The summed E-state index contributed by atoms with van der Waals surface area (Å²) in [5.41, 5.74) is 4.17. The van der Waals surface area contributed by atoms with Crippen LogP contribution in [0.25, 0.3) is 10.9 Å². The highest BCUT2D eigenvalue weighted by Gasteiger charge is 2.33. The maximum atomic E-state index is 13.5. The second-order valence-electron chi connectivity index (χ2n) is 7.43. The summed E-state index contributed by atoms with van der Waals surface area (Å²) in [5, 5.41) is 1.04. The van der Waals surface area contributed by atoms with Gasteiger partial charge in [0.15, 0.2) is 0 Å². The van der Waals surface area contributed by atoms with Gasteiger partial charge in [-0.25, -0.2) is 8.42 Å². The van der Waals surface area contributed by atoms with Crippen LogP contribution in [0.15, 0.2) is 47.4 Å².